The maximum absolute atomic E-state index is 12.4. The maximum atomic E-state index is 12.4. The monoisotopic (exact) mass is 1100 g/mol. The van der Waals surface area contributed by atoms with Gasteiger partial charge in [-0.05, 0) is 175 Å². The van der Waals surface area contributed by atoms with Crippen molar-refractivity contribution in [2.75, 3.05) is 0 Å². The van der Waals surface area contributed by atoms with Gasteiger partial charge in [0.15, 0.2) is 0 Å². The number of benzene rings is 9. The van der Waals surface area contributed by atoms with Crippen LogP contribution in [-0.4, -0.2) is 0 Å². The van der Waals surface area contributed by atoms with Gasteiger partial charge in [0.1, 0.15) is 64.0 Å². The average molecular weight is 1100 g/mol. The number of nitrogens with zero attached hydrogens (tertiary/aromatic N) is 3. The molecule has 0 bridgehead atoms. The summed E-state index contributed by atoms with van der Waals surface area (Å²) in [4.78, 5) is 0. The van der Waals surface area contributed by atoms with E-state index >= 15 is 0 Å². The summed E-state index contributed by atoms with van der Waals surface area (Å²) in [5.74, 6) is -5.96. The second-order valence-corrected chi connectivity index (χ2v) is 17.2. The molecule has 0 saturated carbocycles. The Kier molecular flexibility index (Phi) is 32.2. The molecule has 0 aliphatic rings. The molecule has 80 heavy (non-hydrogen) atoms. The molecule has 9 aromatic rings. The van der Waals surface area contributed by atoms with Crippen LogP contribution < -0.4 is 0 Å². The second-order valence-electron chi connectivity index (χ2n) is 17.2. The number of halogens is 11. The summed E-state index contributed by atoms with van der Waals surface area (Å²) < 4.78 is 135. The lowest BCUT2D eigenvalue weighted by atomic mass is 10.1. The molecule has 0 aliphatic heterocycles. The fourth-order valence-electron chi connectivity index (χ4n) is 5.63. The SMILES string of the molecule is Cc1c(F)cc(F)cc1F.Cc1c(F)cccc1F.Cc1cc(F)cc(F)c1.Cc1ccc(C#N)cc1.Cc1ccc(F)cc1.Cc1ccc(F)cc1F.Cc1cccc(C#N)c1.Cc1cccc(F)c1.Cc1ccccc1C#N. The third-order valence-corrected chi connectivity index (χ3v) is 10.2. The molecule has 414 valence electrons. The Hall–Kier alpha value is -9.32. The van der Waals surface area contributed by atoms with Crippen molar-refractivity contribution in [2.24, 2.45) is 0 Å². The van der Waals surface area contributed by atoms with Crippen molar-refractivity contribution in [1.82, 2.24) is 0 Å². The summed E-state index contributed by atoms with van der Waals surface area (Å²) in [5.41, 5.74) is 8.63. The molecule has 0 N–H and O–H groups in total. The van der Waals surface area contributed by atoms with Crippen LogP contribution in [0.3, 0.4) is 0 Å². The number of nitriles is 3. The highest BCUT2D eigenvalue weighted by Crippen LogP contribution is 2.13. The zero-order chi connectivity index (χ0) is 60.3. The first-order chi connectivity index (χ1) is 37.8. The van der Waals surface area contributed by atoms with Crippen LogP contribution in [0.2, 0.25) is 0 Å². The topological polar surface area (TPSA) is 71.4 Å². The molecule has 9 aromatic carbocycles. The van der Waals surface area contributed by atoms with Gasteiger partial charge in [-0.15, -0.1) is 0 Å². The van der Waals surface area contributed by atoms with Crippen LogP contribution in [0.15, 0.2) is 188 Å². The van der Waals surface area contributed by atoms with Crippen LogP contribution in [0.5, 0.6) is 0 Å². The van der Waals surface area contributed by atoms with Crippen molar-refractivity contribution in [3.63, 3.8) is 0 Å². The highest BCUT2D eigenvalue weighted by molar-refractivity contribution is 5.36. The van der Waals surface area contributed by atoms with Crippen molar-refractivity contribution in [1.29, 1.82) is 15.8 Å². The Bertz CT molecular complexity index is 3300. The molecule has 3 nitrogen and oxygen atoms in total. The largest absolute Gasteiger partial charge is 0.207 e. The molecule has 0 unspecified atom stereocenters. The van der Waals surface area contributed by atoms with Crippen molar-refractivity contribution >= 4 is 0 Å². The van der Waals surface area contributed by atoms with E-state index in [4.69, 9.17) is 15.8 Å². The minimum atomic E-state index is -0.888. The Morgan fingerprint density at radius 1 is 0.250 bits per heavy atom. The van der Waals surface area contributed by atoms with Gasteiger partial charge < -0.3 is 0 Å². The zero-order valence-electron chi connectivity index (χ0n) is 45.4. The Labute approximate surface area is 461 Å². The average Bonchev–Trinajstić information content (AvgIpc) is 3.41. The molecule has 0 saturated heterocycles. The number of rotatable bonds is 0. The van der Waals surface area contributed by atoms with Gasteiger partial charge in [0.25, 0.3) is 0 Å². The summed E-state index contributed by atoms with van der Waals surface area (Å²) in [6, 6.07) is 53.7. The number of aryl methyl sites for hydroxylation is 7. The lowest BCUT2D eigenvalue weighted by molar-refractivity contribution is 0.532. The van der Waals surface area contributed by atoms with E-state index in [9.17, 15) is 48.3 Å². The van der Waals surface area contributed by atoms with Crippen LogP contribution in [0.4, 0.5) is 48.3 Å². The van der Waals surface area contributed by atoms with Gasteiger partial charge in [0.05, 0.1) is 34.9 Å². The quantitative estimate of drug-likeness (QED) is 0.142. The van der Waals surface area contributed by atoms with Gasteiger partial charge in [-0.3, -0.25) is 0 Å². The predicted octanol–water partition coefficient (Wildman–Crippen LogP) is 19.1. The van der Waals surface area contributed by atoms with Gasteiger partial charge in [-0.25, -0.2) is 48.3 Å². The molecule has 9 rings (SSSR count). The second kappa shape index (κ2) is 37.5. The molecular formula is C66H58F11N3. The van der Waals surface area contributed by atoms with E-state index in [1.807, 2.05) is 107 Å². The van der Waals surface area contributed by atoms with Crippen LogP contribution >= 0.6 is 0 Å². The summed E-state index contributed by atoms with van der Waals surface area (Å²) in [7, 11) is 0. The fraction of sp³-hybridized carbons (Fsp3) is 0.136. The smallest absolute Gasteiger partial charge is 0.131 e. The zero-order valence-corrected chi connectivity index (χ0v) is 45.4. The molecule has 0 aromatic heterocycles. The van der Waals surface area contributed by atoms with Crippen LogP contribution in [0.25, 0.3) is 0 Å². The highest BCUT2D eigenvalue weighted by Gasteiger charge is 2.05. The van der Waals surface area contributed by atoms with Gasteiger partial charge in [0, 0.05) is 35.4 Å². The van der Waals surface area contributed by atoms with Crippen molar-refractivity contribution in [2.45, 2.75) is 62.3 Å². The molecule has 0 fully saturated rings. The molecule has 0 heterocycles. The summed E-state index contributed by atoms with van der Waals surface area (Å²) in [6.07, 6.45) is 0. The normalized spacial score (nSPS) is 9.21. The fourth-order valence-corrected chi connectivity index (χ4v) is 5.63. The lowest BCUT2D eigenvalue weighted by Gasteiger charge is -1.96. The third kappa shape index (κ3) is 29.8. The highest BCUT2D eigenvalue weighted by atomic mass is 19.2. The van der Waals surface area contributed by atoms with Crippen LogP contribution in [0.1, 0.15) is 66.8 Å². The summed E-state index contributed by atoms with van der Waals surface area (Å²) in [5, 5.41) is 25.3. The van der Waals surface area contributed by atoms with E-state index in [-0.39, 0.29) is 22.8 Å². The molecule has 14 heteroatoms. The van der Waals surface area contributed by atoms with E-state index in [0.717, 1.165) is 51.1 Å². The lowest BCUT2D eigenvalue weighted by Crippen LogP contribution is -1.89. The Morgan fingerprint density at radius 2 is 0.662 bits per heavy atom. The molecular weight excluding hydrogens is 1040 g/mol. The summed E-state index contributed by atoms with van der Waals surface area (Å²) in [6.45, 7) is 15.6. The van der Waals surface area contributed by atoms with Crippen LogP contribution in [-0.2, 0) is 0 Å². The van der Waals surface area contributed by atoms with Crippen molar-refractivity contribution in [3.8, 4) is 18.2 Å². The Morgan fingerprint density at radius 3 is 1.04 bits per heavy atom. The first-order valence-electron chi connectivity index (χ1n) is 24.0. The van der Waals surface area contributed by atoms with E-state index in [0.29, 0.717) is 23.3 Å². The van der Waals surface area contributed by atoms with Gasteiger partial charge in [-0.2, -0.15) is 15.8 Å². The molecule has 0 aliphatic carbocycles. The summed E-state index contributed by atoms with van der Waals surface area (Å²) >= 11 is 0. The van der Waals surface area contributed by atoms with Crippen molar-refractivity contribution in [3.05, 3.63) is 319 Å². The van der Waals surface area contributed by atoms with E-state index < -0.39 is 52.4 Å². The number of hydrogen-bond acceptors (Lipinski definition) is 3. The van der Waals surface area contributed by atoms with Gasteiger partial charge >= 0.3 is 0 Å². The van der Waals surface area contributed by atoms with E-state index in [1.54, 1.807) is 38.1 Å². The molecule has 0 radical (unpaired) electrons. The van der Waals surface area contributed by atoms with Crippen molar-refractivity contribution < 1.29 is 48.3 Å². The Balaban J connectivity index is 0.000000450. The minimum Gasteiger partial charge on any atom is -0.207 e. The van der Waals surface area contributed by atoms with E-state index in [1.165, 1.54) is 86.1 Å². The van der Waals surface area contributed by atoms with Gasteiger partial charge in [0.2, 0.25) is 0 Å². The minimum absolute atomic E-state index is 0.0810. The van der Waals surface area contributed by atoms with E-state index in [2.05, 4.69) is 18.2 Å². The predicted molar refractivity (Wildman–Crippen MR) is 294 cm³/mol. The molecule has 0 amide bonds. The molecule has 0 spiro atoms. The first kappa shape index (κ1) is 68.7. The first-order valence-corrected chi connectivity index (χ1v) is 24.0. The van der Waals surface area contributed by atoms with Crippen LogP contribution in [0, 0.1) is 160 Å². The maximum Gasteiger partial charge on any atom is 0.131 e. The third-order valence-electron chi connectivity index (χ3n) is 10.2. The molecule has 0 atom stereocenters. The van der Waals surface area contributed by atoms with Gasteiger partial charge in [-0.1, -0.05) is 90.0 Å². The standard InChI is InChI=1S/3C8H7N.C7H5F3.3C7H6F2.2C7H7F/c1-7-2-4-8(6-9)5-3-7;1-7-3-2-4-8(5-7)6-9;1-7-4-2-3-5-8(7)6-9;1-4-6(9)2-5(8)3-7(4)10;1-5-2-6(8)4-7(9)3-5;1-5-2-3-6(8)4-7(5)9;1-5-6(8)3-2-4-7(5)9;1-6-2-4-7(8)5-3-6;1-6-3-2-4-7(8)5-6/h3*2-5H,1H3;2-3H,1H3;3*2-4H,1H3;2*2-5H,1H3. The number of hydrogen-bond donors (Lipinski definition) is 0.